The van der Waals surface area contributed by atoms with Crippen LogP contribution in [-0.2, 0) is 9.59 Å². The van der Waals surface area contributed by atoms with E-state index in [1.54, 1.807) is 0 Å². The van der Waals surface area contributed by atoms with E-state index in [0.29, 0.717) is 18.1 Å². The van der Waals surface area contributed by atoms with Crippen LogP contribution in [-0.4, -0.2) is 27.8 Å². The second kappa shape index (κ2) is 7.22. The van der Waals surface area contributed by atoms with Crippen molar-refractivity contribution in [2.75, 3.05) is 0 Å². The summed E-state index contributed by atoms with van der Waals surface area (Å²) in [6.45, 7) is 15.9. The van der Waals surface area contributed by atoms with Crippen molar-refractivity contribution in [3.8, 4) is 0 Å². The molecular formula is C30H45NO4. The van der Waals surface area contributed by atoms with Crippen LogP contribution in [0.4, 0.5) is 0 Å². The first-order valence-corrected chi connectivity index (χ1v) is 13.8. The van der Waals surface area contributed by atoms with E-state index in [-0.39, 0.29) is 39.3 Å². The van der Waals surface area contributed by atoms with Crippen LogP contribution in [0.1, 0.15) is 106 Å². The normalized spacial score (nSPS) is 49.2. The molecule has 0 spiro atoms. The summed E-state index contributed by atoms with van der Waals surface area (Å²) >= 11 is 0. The molecule has 2 N–H and O–H groups in total. The molecule has 0 radical (unpaired) electrons. The van der Waals surface area contributed by atoms with E-state index < -0.39 is 16.8 Å². The molecule has 5 aliphatic rings. The van der Waals surface area contributed by atoms with Gasteiger partial charge in [-0.1, -0.05) is 65.3 Å². The molecule has 194 valence electrons. The first-order chi connectivity index (χ1) is 16.1. The molecule has 5 rings (SSSR count). The van der Waals surface area contributed by atoms with Gasteiger partial charge in [0.15, 0.2) is 5.78 Å². The molecule has 5 aliphatic carbocycles. The average molecular weight is 484 g/mol. The third-order valence-corrected chi connectivity index (χ3v) is 12.7. The second-order valence-corrected chi connectivity index (χ2v) is 15.0. The number of hydrogen-bond acceptors (Lipinski definition) is 4. The van der Waals surface area contributed by atoms with Gasteiger partial charge in [0.1, 0.15) is 5.71 Å². The van der Waals surface area contributed by atoms with Gasteiger partial charge in [0.2, 0.25) is 0 Å². The lowest BCUT2D eigenvalue weighted by molar-refractivity contribution is -0.181. The minimum Gasteiger partial charge on any atom is -0.481 e. The second-order valence-electron chi connectivity index (χ2n) is 15.0. The maximum atomic E-state index is 13.2. The highest BCUT2D eigenvalue weighted by molar-refractivity contribution is 6.42. The summed E-state index contributed by atoms with van der Waals surface area (Å²) in [5.74, 6) is 0.114. The molecular weight excluding hydrogens is 438 g/mol. The van der Waals surface area contributed by atoms with E-state index >= 15 is 0 Å². The molecule has 0 unspecified atom stereocenters. The number of fused-ring (bicyclic) bond motifs is 7. The van der Waals surface area contributed by atoms with Gasteiger partial charge >= 0.3 is 5.97 Å². The predicted octanol–water partition coefficient (Wildman–Crippen LogP) is 6.88. The lowest BCUT2D eigenvalue weighted by Gasteiger charge is -2.70. The van der Waals surface area contributed by atoms with E-state index in [4.69, 9.17) is 0 Å². The Kier molecular flexibility index (Phi) is 5.16. The number of allylic oxidation sites excluding steroid dienone is 2. The largest absolute Gasteiger partial charge is 0.481 e. The van der Waals surface area contributed by atoms with Gasteiger partial charge in [-0.15, -0.1) is 0 Å². The summed E-state index contributed by atoms with van der Waals surface area (Å²) < 4.78 is 0. The Bertz CT molecular complexity index is 1040. The predicted molar refractivity (Wildman–Crippen MR) is 136 cm³/mol. The number of aliphatic carboxylic acids is 1. The Labute approximate surface area is 210 Å². The quantitative estimate of drug-likeness (QED) is 0.242. The van der Waals surface area contributed by atoms with Crippen molar-refractivity contribution >= 4 is 17.5 Å². The monoisotopic (exact) mass is 483 g/mol. The third kappa shape index (κ3) is 2.96. The van der Waals surface area contributed by atoms with Crippen molar-refractivity contribution in [1.82, 2.24) is 0 Å². The lowest BCUT2D eigenvalue weighted by Crippen LogP contribution is -2.65. The molecule has 0 aromatic rings. The number of carbonyl (C=O) groups excluding carboxylic acids is 1. The Balaban J connectivity index is 1.63. The average Bonchev–Trinajstić information content (AvgIpc) is 2.76. The van der Waals surface area contributed by atoms with E-state index in [9.17, 15) is 19.9 Å². The molecule has 4 saturated carbocycles. The molecule has 4 fully saturated rings. The SMILES string of the molecule is CC1(C)CC[C@]2(C(=O)O)CC[C@@]3(C)C(=CC[C@H]4[C@@]5(C)C/C(=N\O)C(=O)C(C)(C)[C@H]5CC[C@]43C)[C@H]2C1. The van der Waals surface area contributed by atoms with Gasteiger partial charge in [0.05, 0.1) is 5.41 Å². The summed E-state index contributed by atoms with van der Waals surface area (Å²) in [5.41, 5.74) is 0.575. The molecule has 0 aromatic heterocycles. The Hall–Kier alpha value is -1.65. The van der Waals surface area contributed by atoms with Crippen LogP contribution < -0.4 is 0 Å². The number of rotatable bonds is 1. The zero-order valence-electron chi connectivity index (χ0n) is 22.8. The fraction of sp³-hybridized carbons (Fsp3) is 0.833. The zero-order valence-corrected chi connectivity index (χ0v) is 22.8. The number of oxime groups is 1. The number of carboxylic acids is 1. The summed E-state index contributed by atoms with van der Waals surface area (Å²) in [5, 5.41) is 23.8. The van der Waals surface area contributed by atoms with E-state index in [2.05, 4.69) is 45.9 Å². The van der Waals surface area contributed by atoms with E-state index in [1.807, 2.05) is 13.8 Å². The maximum absolute atomic E-state index is 13.2. The summed E-state index contributed by atoms with van der Waals surface area (Å²) in [6.07, 6.45) is 10.3. The number of carbonyl (C=O) groups is 2. The topological polar surface area (TPSA) is 87.0 Å². The van der Waals surface area contributed by atoms with E-state index in [1.165, 1.54) is 5.57 Å². The molecule has 7 atom stereocenters. The molecule has 0 heterocycles. The van der Waals surface area contributed by atoms with Gasteiger partial charge in [-0.25, -0.2) is 0 Å². The number of ketones is 1. The highest BCUT2D eigenvalue weighted by atomic mass is 16.4. The van der Waals surface area contributed by atoms with Gasteiger partial charge < -0.3 is 10.3 Å². The van der Waals surface area contributed by atoms with Crippen molar-refractivity contribution < 1.29 is 19.9 Å². The smallest absolute Gasteiger partial charge is 0.310 e. The Morgan fingerprint density at radius 3 is 2.26 bits per heavy atom. The molecule has 5 heteroatoms. The summed E-state index contributed by atoms with van der Waals surface area (Å²) in [6, 6.07) is 0. The lowest BCUT2D eigenvalue weighted by atomic mass is 9.33. The third-order valence-electron chi connectivity index (χ3n) is 12.7. The first-order valence-electron chi connectivity index (χ1n) is 13.8. The molecule has 0 saturated heterocycles. The standard InChI is InChI=1S/C30H45NO4/c1-25(2)12-14-30(24(33)34)15-13-28(6)18(19(30)16-25)8-9-22-27(5)17-20(31-35)23(32)26(3,4)21(27)10-11-29(22,28)7/h8,19,21-22,35H,9-17H2,1-7H3,(H,33,34)/b31-20+/t19-,21-,22+,27+,28+,29-,30+/m1/s1. The van der Waals surface area contributed by atoms with Gasteiger partial charge in [0.25, 0.3) is 0 Å². The molecule has 35 heavy (non-hydrogen) atoms. The number of nitrogens with zero attached hydrogens (tertiary/aromatic N) is 1. The molecule has 0 amide bonds. The number of carboxylic acid groups (broad SMARTS) is 1. The van der Waals surface area contributed by atoms with Crippen LogP contribution in [0.2, 0.25) is 0 Å². The summed E-state index contributed by atoms with van der Waals surface area (Å²) in [7, 11) is 0. The van der Waals surface area contributed by atoms with Crippen LogP contribution >= 0.6 is 0 Å². The van der Waals surface area contributed by atoms with Gasteiger partial charge in [-0.3, -0.25) is 9.59 Å². The van der Waals surface area contributed by atoms with Crippen LogP contribution in [0.15, 0.2) is 16.8 Å². The van der Waals surface area contributed by atoms with Crippen LogP contribution in [0.5, 0.6) is 0 Å². The minimum absolute atomic E-state index is 0.00215. The van der Waals surface area contributed by atoms with Crippen molar-refractivity contribution in [3.63, 3.8) is 0 Å². The van der Waals surface area contributed by atoms with Crippen molar-refractivity contribution in [3.05, 3.63) is 11.6 Å². The minimum atomic E-state index is -0.624. The highest BCUT2D eigenvalue weighted by Crippen LogP contribution is 2.75. The van der Waals surface area contributed by atoms with Gasteiger partial charge in [0, 0.05) is 11.8 Å². The fourth-order valence-corrected chi connectivity index (χ4v) is 10.5. The zero-order chi connectivity index (χ0) is 25.8. The van der Waals surface area contributed by atoms with E-state index in [0.717, 1.165) is 51.4 Å². The molecule has 0 bridgehead atoms. The van der Waals surface area contributed by atoms with Gasteiger partial charge in [-0.2, -0.15) is 0 Å². The Morgan fingerprint density at radius 2 is 1.63 bits per heavy atom. The number of Topliss-reactive ketones (excluding diaryl/α,β-unsaturated/α-hetero) is 1. The van der Waals surface area contributed by atoms with Crippen molar-refractivity contribution in [2.45, 2.75) is 106 Å². The van der Waals surface area contributed by atoms with Gasteiger partial charge in [-0.05, 0) is 90.8 Å². The van der Waals surface area contributed by atoms with Crippen molar-refractivity contribution in [2.24, 2.45) is 55.4 Å². The van der Waals surface area contributed by atoms with Crippen LogP contribution in [0.25, 0.3) is 0 Å². The van der Waals surface area contributed by atoms with Crippen LogP contribution in [0.3, 0.4) is 0 Å². The summed E-state index contributed by atoms with van der Waals surface area (Å²) in [4.78, 5) is 25.9. The Morgan fingerprint density at radius 1 is 0.971 bits per heavy atom. The number of hydrogen-bond donors (Lipinski definition) is 2. The molecule has 0 aromatic carbocycles. The first kappa shape index (κ1) is 25.0. The maximum Gasteiger partial charge on any atom is 0.310 e. The molecule has 5 nitrogen and oxygen atoms in total. The van der Waals surface area contributed by atoms with Crippen LogP contribution in [0, 0.1) is 50.2 Å². The fourth-order valence-electron chi connectivity index (χ4n) is 10.5. The molecule has 0 aliphatic heterocycles. The van der Waals surface area contributed by atoms with Crippen molar-refractivity contribution in [1.29, 1.82) is 0 Å². The highest BCUT2D eigenvalue weighted by Gasteiger charge is 2.70.